The van der Waals surface area contributed by atoms with Gasteiger partial charge in [-0.25, -0.2) is 0 Å². The highest BCUT2D eigenvalue weighted by Gasteiger charge is 2.35. The zero-order chi connectivity index (χ0) is 39.5. The summed E-state index contributed by atoms with van der Waals surface area (Å²) >= 11 is 0. The van der Waals surface area contributed by atoms with Crippen molar-refractivity contribution in [3.8, 4) is 22.3 Å². The Labute approximate surface area is 345 Å². The Morgan fingerprint density at radius 1 is 0.305 bits per heavy atom. The van der Waals surface area contributed by atoms with Crippen LogP contribution in [0, 0.1) is 0 Å². The van der Waals surface area contributed by atoms with Gasteiger partial charge in [-0.1, -0.05) is 153 Å². The number of rotatable bonds is 7. The molecule has 0 amide bonds. The number of hydrogen-bond donors (Lipinski definition) is 0. The molecule has 0 aliphatic heterocycles. The molecule has 280 valence electrons. The van der Waals surface area contributed by atoms with E-state index in [-0.39, 0.29) is 5.41 Å². The minimum absolute atomic E-state index is 0.0808. The molecule has 11 rings (SSSR count). The summed E-state index contributed by atoms with van der Waals surface area (Å²) in [5.74, 6) is 0. The lowest BCUT2D eigenvalue weighted by atomic mass is 9.81. The highest BCUT2D eigenvalue weighted by Crippen LogP contribution is 2.52. The van der Waals surface area contributed by atoms with Crippen LogP contribution < -0.4 is 9.80 Å². The molecule has 0 radical (unpaired) electrons. The van der Waals surface area contributed by atoms with Crippen LogP contribution >= 0.6 is 0 Å². The van der Waals surface area contributed by atoms with Crippen molar-refractivity contribution < 1.29 is 0 Å². The second-order valence-electron chi connectivity index (χ2n) is 16.2. The molecule has 0 spiro atoms. The molecule has 59 heavy (non-hydrogen) atoms. The van der Waals surface area contributed by atoms with Crippen LogP contribution in [0.5, 0.6) is 0 Å². The molecule has 0 saturated carbocycles. The number of para-hydroxylation sites is 2. The molecule has 2 heteroatoms. The summed E-state index contributed by atoms with van der Waals surface area (Å²) in [7, 11) is 0. The standard InChI is InChI=1S/C57H42N2/c1-57(2)54-27-14-13-25-50(54)53-35-43-36-56(51-26-12-11-24-49(51)52(43)38-55(53)57)59(46-32-30-40(31-33-46)42-29-28-39-16-9-10-17-41(39)34-42)48-23-15-22-47(37-48)58(44-18-5-3-6-19-44)45-20-7-4-8-21-45/h3-38H,1-2H3. The average molecular weight is 755 g/mol. The van der Waals surface area contributed by atoms with E-state index in [0.29, 0.717) is 0 Å². The van der Waals surface area contributed by atoms with Crippen molar-refractivity contribution in [2.24, 2.45) is 0 Å². The van der Waals surface area contributed by atoms with E-state index in [1.54, 1.807) is 0 Å². The highest BCUT2D eigenvalue weighted by atomic mass is 15.2. The Balaban J connectivity index is 1.13. The third kappa shape index (κ3) is 5.87. The highest BCUT2D eigenvalue weighted by molar-refractivity contribution is 6.16. The van der Waals surface area contributed by atoms with Crippen LogP contribution in [-0.4, -0.2) is 0 Å². The first kappa shape index (κ1) is 34.8. The van der Waals surface area contributed by atoms with Gasteiger partial charge in [0.2, 0.25) is 0 Å². The molecule has 0 saturated heterocycles. The summed E-state index contributed by atoms with van der Waals surface area (Å²) in [4.78, 5) is 4.79. The SMILES string of the molecule is CC1(C)c2ccccc2-c2cc3cc(N(c4ccc(-c5ccc6ccccc6c5)cc4)c4cccc(N(c5ccccc5)c5ccccc5)c4)c4ccccc4c3cc21. The quantitative estimate of drug-likeness (QED) is 0.150. The monoisotopic (exact) mass is 754 g/mol. The number of benzene rings is 10. The fraction of sp³-hybridized carbons (Fsp3) is 0.0526. The van der Waals surface area contributed by atoms with Crippen molar-refractivity contribution in [1.82, 2.24) is 0 Å². The van der Waals surface area contributed by atoms with Gasteiger partial charge in [-0.3, -0.25) is 0 Å². The zero-order valence-corrected chi connectivity index (χ0v) is 33.2. The van der Waals surface area contributed by atoms with Gasteiger partial charge in [-0.15, -0.1) is 0 Å². The third-order valence-corrected chi connectivity index (χ3v) is 12.4. The van der Waals surface area contributed by atoms with Gasteiger partial charge in [-0.2, -0.15) is 0 Å². The van der Waals surface area contributed by atoms with E-state index in [1.807, 2.05) is 0 Å². The van der Waals surface area contributed by atoms with Crippen molar-refractivity contribution in [3.63, 3.8) is 0 Å². The van der Waals surface area contributed by atoms with E-state index in [9.17, 15) is 0 Å². The van der Waals surface area contributed by atoms with Crippen LogP contribution in [0.1, 0.15) is 25.0 Å². The number of nitrogens with zero attached hydrogens (tertiary/aromatic N) is 2. The normalized spacial score (nSPS) is 12.7. The largest absolute Gasteiger partial charge is 0.310 e. The van der Waals surface area contributed by atoms with Gasteiger partial charge in [-0.05, 0) is 139 Å². The van der Waals surface area contributed by atoms with Crippen LogP contribution in [-0.2, 0) is 5.41 Å². The van der Waals surface area contributed by atoms with Crippen molar-refractivity contribution >= 4 is 66.4 Å². The molecule has 0 aromatic heterocycles. The Bertz CT molecular complexity index is 3140. The lowest BCUT2D eigenvalue weighted by Crippen LogP contribution is -2.15. The topological polar surface area (TPSA) is 6.48 Å². The first-order chi connectivity index (χ1) is 29.0. The summed E-state index contributed by atoms with van der Waals surface area (Å²) in [5.41, 5.74) is 14.4. The fourth-order valence-corrected chi connectivity index (χ4v) is 9.44. The zero-order valence-electron chi connectivity index (χ0n) is 33.2. The number of anilines is 6. The fourth-order valence-electron chi connectivity index (χ4n) is 9.44. The van der Waals surface area contributed by atoms with E-state index < -0.39 is 0 Å². The first-order valence-electron chi connectivity index (χ1n) is 20.5. The minimum atomic E-state index is -0.0808. The summed E-state index contributed by atoms with van der Waals surface area (Å²) in [6, 6.07) is 79.9. The molecule has 0 fully saturated rings. The lowest BCUT2D eigenvalue weighted by Gasteiger charge is -2.30. The lowest BCUT2D eigenvalue weighted by molar-refractivity contribution is 0.661. The molecule has 1 aliphatic rings. The molecular formula is C57H42N2. The molecule has 0 heterocycles. The Morgan fingerprint density at radius 2 is 0.881 bits per heavy atom. The molecule has 0 bridgehead atoms. The maximum absolute atomic E-state index is 2.47. The smallest absolute Gasteiger partial charge is 0.0546 e. The van der Waals surface area contributed by atoms with E-state index >= 15 is 0 Å². The molecule has 2 nitrogen and oxygen atoms in total. The van der Waals surface area contributed by atoms with Crippen molar-refractivity contribution in [1.29, 1.82) is 0 Å². The second-order valence-corrected chi connectivity index (χ2v) is 16.2. The molecular weight excluding hydrogens is 713 g/mol. The average Bonchev–Trinajstić information content (AvgIpc) is 3.51. The van der Waals surface area contributed by atoms with Crippen LogP contribution in [0.2, 0.25) is 0 Å². The van der Waals surface area contributed by atoms with Crippen LogP contribution in [0.25, 0.3) is 54.6 Å². The van der Waals surface area contributed by atoms with Crippen LogP contribution in [0.15, 0.2) is 218 Å². The number of hydrogen-bond acceptors (Lipinski definition) is 2. The van der Waals surface area contributed by atoms with E-state index in [1.165, 1.54) is 65.7 Å². The third-order valence-electron chi connectivity index (χ3n) is 12.4. The first-order valence-corrected chi connectivity index (χ1v) is 20.5. The minimum Gasteiger partial charge on any atom is -0.310 e. The van der Waals surface area contributed by atoms with Crippen LogP contribution in [0.3, 0.4) is 0 Å². The van der Waals surface area contributed by atoms with Gasteiger partial charge in [0.15, 0.2) is 0 Å². The van der Waals surface area contributed by atoms with Crippen molar-refractivity contribution in [2.75, 3.05) is 9.80 Å². The molecule has 10 aromatic rings. The van der Waals surface area contributed by atoms with Gasteiger partial charge in [0.05, 0.1) is 5.69 Å². The van der Waals surface area contributed by atoms with Gasteiger partial charge >= 0.3 is 0 Å². The Morgan fingerprint density at radius 3 is 1.63 bits per heavy atom. The predicted molar refractivity (Wildman–Crippen MR) is 251 cm³/mol. The molecule has 1 aliphatic carbocycles. The van der Waals surface area contributed by atoms with Gasteiger partial charge in [0.25, 0.3) is 0 Å². The Kier molecular flexibility index (Phi) is 8.20. The summed E-state index contributed by atoms with van der Waals surface area (Å²) in [5, 5.41) is 7.46. The van der Waals surface area contributed by atoms with Crippen molar-refractivity contribution in [2.45, 2.75) is 19.3 Å². The molecule has 0 unspecified atom stereocenters. The molecule has 10 aromatic carbocycles. The molecule has 0 N–H and O–H groups in total. The van der Waals surface area contributed by atoms with E-state index in [2.05, 4.69) is 242 Å². The maximum atomic E-state index is 2.47. The second kappa shape index (κ2) is 13.9. The maximum Gasteiger partial charge on any atom is 0.0546 e. The van der Waals surface area contributed by atoms with Gasteiger partial charge in [0, 0.05) is 39.2 Å². The predicted octanol–water partition coefficient (Wildman–Crippen LogP) is 16.1. The summed E-state index contributed by atoms with van der Waals surface area (Å²) < 4.78 is 0. The number of fused-ring (bicyclic) bond motifs is 7. The van der Waals surface area contributed by atoms with Gasteiger partial charge in [0.1, 0.15) is 0 Å². The summed E-state index contributed by atoms with van der Waals surface area (Å²) in [6.45, 7) is 4.73. The van der Waals surface area contributed by atoms with E-state index in [0.717, 1.165) is 34.1 Å². The Hall–Kier alpha value is -7.42. The summed E-state index contributed by atoms with van der Waals surface area (Å²) in [6.07, 6.45) is 0. The van der Waals surface area contributed by atoms with E-state index in [4.69, 9.17) is 0 Å². The van der Waals surface area contributed by atoms with Crippen LogP contribution in [0.4, 0.5) is 34.1 Å². The van der Waals surface area contributed by atoms with Crippen molar-refractivity contribution in [3.05, 3.63) is 230 Å². The van der Waals surface area contributed by atoms with Gasteiger partial charge < -0.3 is 9.80 Å². The molecule has 0 atom stereocenters.